The van der Waals surface area contributed by atoms with Crippen molar-refractivity contribution in [2.45, 2.75) is 32.3 Å². The van der Waals surface area contributed by atoms with Crippen molar-refractivity contribution in [2.75, 3.05) is 13.7 Å². The predicted octanol–water partition coefficient (Wildman–Crippen LogP) is 4.62. The molecule has 0 spiro atoms. The first-order valence-corrected chi connectivity index (χ1v) is 10.8. The fourth-order valence-electron chi connectivity index (χ4n) is 4.05. The molecule has 1 unspecified atom stereocenters. The Labute approximate surface area is 188 Å². The highest BCUT2D eigenvalue weighted by Gasteiger charge is 2.24. The molecule has 32 heavy (non-hydrogen) atoms. The van der Waals surface area contributed by atoms with Crippen LogP contribution in [0.2, 0.25) is 0 Å². The number of nitrogens with one attached hydrogen (secondary N) is 1. The van der Waals surface area contributed by atoms with Crippen LogP contribution in [0, 0.1) is 0 Å². The zero-order valence-corrected chi connectivity index (χ0v) is 18.4. The van der Waals surface area contributed by atoms with Gasteiger partial charge in [-0.1, -0.05) is 42.5 Å². The Kier molecular flexibility index (Phi) is 6.55. The largest absolute Gasteiger partial charge is 0.497 e. The van der Waals surface area contributed by atoms with Gasteiger partial charge in [0, 0.05) is 18.4 Å². The van der Waals surface area contributed by atoms with E-state index in [1.165, 1.54) is 0 Å². The normalized spacial score (nSPS) is 14.4. The second kappa shape index (κ2) is 9.69. The van der Waals surface area contributed by atoms with Gasteiger partial charge in [-0.2, -0.15) is 0 Å². The molecule has 3 aromatic rings. The molecule has 5 heteroatoms. The summed E-state index contributed by atoms with van der Waals surface area (Å²) < 4.78 is 11.2. The zero-order valence-electron chi connectivity index (χ0n) is 18.4. The van der Waals surface area contributed by atoms with Crippen molar-refractivity contribution in [3.63, 3.8) is 0 Å². The second-order valence-electron chi connectivity index (χ2n) is 8.02. The number of carbonyl (C=O) groups excluding carboxylic acids is 2. The van der Waals surface area contributed by atoms with Crippen molar-refractivity contribution in [1.82, 2.24) is 5.32 Å². The lowest BCUT2D eigenvalue weighted by Crippen LogP contribution is -2.34. The van der Waals surface area contributed by atoms with Gasteiger partial charge >= 0.3 is 0 Å². The summed E-state index contributed by atoms with van der Waals surface area (Å²) in [5.41, 5.74) is 4.81. The maximum Gasteiger partial charge on any atom is 0.220 e. The molecule has 1 atom stereocenters. The average Bonchev–Trinajstić information content (AvgIpc) is 3.23. The summed E-state index contributed by atoms with van der Waals surface area (Å²) in [4.78, 5) is 24.3. The van der Waals surface area contributed by atoms with Crippen molar-refractivity contribution in [3.8, 4) is 22.6 Å². The molecule has 1 N–H and O–H groups in total. The number of Topliss-reactive ketones (excluding diaryl/α,β-unsaturated/α-hetero) is 1. The fraction of sp³-hybridized carbons (Fsp3) is 0.259. The number of rotatable bonds is 8. The van der Waals surface area contributed by atoms with Crippen molar-refractivity contribution in [1.29, 1.82) is 0 Å². The van der Waals surface area contributed by atoms with Crippen LogP contribution in [-0.4, -0.2) is 31.4 Å². The molecule has 1 heterocycles. The molecule has 0 bridgehead atoms. The first-order chi connectivity index (χ1) is 15.5. The highest BCUT2D eigenvalue weighted by atomic mass is 16.5. The second-order valence-corrected chi connectivity index (χ2v) is 8.02. The smallest absolute Gasteiger partial charge is 0.220 e. The first-order valence-electron chi connectivity index (χ1n) is 10.8. The SMILES string of the molecule is COc1cccc(CCC(=O)NCC2Cc3cc(-c4ccccc4C(C)=O)ccc3O2)c1. The topological polar surface area (TPSA) is 64.6 Å². The van der Waals surface area contributed by atoms with E-state index in [4.69, 9.17) is 9.47 Å². The quantitative estimate of drug-likeness (QED) is 0.531. The van der Waals surface area contributed by atoms with Crippen LogP contribution in [0.5, 0.6) is 11.5 Å². The van der Waals surface area contributed by atoms with E-state index in [2.05, 4.69) is 11.4 Å². The Morgan fingerprint density at radius 1 is 1.06 bits per heavy atom. The molecule has 4 rings (SSSR count). The van der Waals surface area contributed by atoms with Crippen molar-refractivity contribution >= 4 is 11.7 Å². The van der Waals surface area contributed by atoms with Crippen LogP contribution in [0.3, 0.4) is 0 Å². The van der Waals surface area contributed by atoms with E-state index in [0.29, 0.717) is 24.9 Å². The standard InChI is InChI=1S/C27H27NO4/c1-18(29)24-8-3-4-9-25(24)20-11-12-26-21(15-20)16-23(32-26)17-28-27(30)13-10-19-6-5-7-22(14-19)31-2/h3-9,11-12,14-15,23H,10,13,16-17H2,1-2H3,(H,28,30). The summed E-state index contributed by atoms with van der Waals surface area (Å²) >= 11 is 0. The number of aryl methyl sites for hydroxylation is 1. The molecule has 0 fully saturated rings. The molecule has 0 saturated carbocycles. The van der Waals surface area contributed by atoms with Gasteiger partial charge in [0.25, 0.3) is 0 Å². The molecular weight excluding hydrogens is 402 g/mol. The zero-order chi connectivity index (χ0) is 22.5. The molecule has 0 saturated heterocycles. The summed E-state index contributed by atoms with van der Waals surface area (Å²) in [5.74, 6) is 1.69. The number of hydrogen-bond donors (Lipinski definition) is 1. The minimum atomic E-state index is -0.0935. The summed E-state index contributed by atoms with van der Waals surface area (Å²) in [6, 6.07) is 21.4. The van der Waals surface area contributed by atoms with Crippen LogP contribution in [0.1, 0.15) is 34.8 Å². The number of benzene rings is 3. The molecule has 1 amide bonds. The Morgan fingerprint density at radius 3 is 2.72 bits per heavy atom. The molecule has 3 aromatic carbocycles. The van der Waals surface area contributed by atoms with Gasteiger partial charge in [0.1, 0.15) is 17.6 Å². The summed E-state index contributed by atoms with van der Waals surface area (Å²) in [7, 11) is 1.64. The fourth-order valence-corrected chi connectivity index (χ4v) is 4.05. The molecular formula is C27H27NO4. The summed E-state index contributed by atoms with van der Waals surface area (Å²) in [5, 5.41) is 2.99. The van der Waals surface area contributed by atoms with Crippen molar-refractivity contribution in [3.05, 3.63) is 83.4 Å². The number of methoxy groups -OCH3 is 1. The van der Waals surface area contributed by atoms with Gasteiger partial charge in [0.05, 0.1) is 13.7 Å². The number of hydrogen-bond acceptors (Lipinski definition) is 4. The van der Waals surface area contributed by atoms with Gasteiger partial charge in [-0.3, -0.25) is 9.59 Å². The van der Waals surface area contributed by atoms with E-state index < -0.39 is 0 Å². The number of fused-ring (bicyclic) bond motifs is 1. The first kappa shape index (κ1) is 21.6. The van der Waals surface area contributed by atoms with E-state index in [-0.39, 0.29) is 17.8 Å². The molecule has 1 aliphatic heterocycles. The third-order valence-electron chi connectivity index (χ3n) is 5.72. The van der Waals surface area contributed by atoms with Gasteiger partial charge in [-0.05, 0) is 59.9 Å². The van der Waals surface area contributed by atoms with Crippen molar-refractivity contribution < 1.29 is 19.1 Å². The molecule has 5 nitrogen and oxygen atoms in total. The summed E-state index contributed by atoms with van der Waals surface area (Å²) in [6.45, 7) is 2.05. The van der Waals surface area contributed by atoms with E-state index in [0.717, 1.165) is 40.2 Å². The van der Waals surface area contributed by atoms with Crippen LogP contribution in [0.25, 0.3) is 11.1 Å². The Bertz CT molecular complexity index is 1140. The average molecular weight is 430 g/mol. The van der Waals surface area contributed by atoms with Crippen molar-refractivity contribution in [2.24, 2.45) is 0 Å². The number of ketones is 1. The van der Waals surface area contributed by atoms with E-state index in [9.17, 15) is 9.59 Å². The summed E-state index contributed by atoms with van der Waals surface area (Å²) in [6.07, 6.45) is 1.71. The molecule has 0 radical (unpaired) electrons. The highest BCUT2D eigenvalue weighted by Crippen LogP contribution is 2.34. The van der Waals surface area contributed by atoms with Crippen LogP contribution in [0.4, 0.5) is 0 Å². The lowest BCUT2D eigenvalue weighted by Gasteiger charge is -2.12. The lowest BCUT2D eigenvalue weighted by molar-refractivity contribution is -0.121. The number of amides is 1. The van der Waals surface area contributed by atoms with Gasteiger partial charge < -0.3 is 14.8 Å². The maximum absolute atomic E-state index is 12.3. The predicted molar refractivity (Wildman–Crippen MR) is 124 cm³/mol. The van der Waals surface area contributed by atoms with Crippen LogP contribution in [0.15, 0.2) is 66.7 Å². The number of carbonyl (C=O) groups is 2. The minimum Gasteiger partial charge on any atom is -0.497 e. The van der Waals surface area contributed by atoms with Crippen LogP contribution < -0.4 is 14.8 Å². The molecule has 1 aliphatic rings. The van der Waals surface area contributed by atoms with Gasteiger partial charge in [0.15, 0.2) is 5.78 Å². The Balaban J connectivity index is 1.33. The molecule has 164 valence electrons. The Hall–Kier alpha value is -3.60. The number of ether oxygens (including phenoxy) is 2. The monoisotopic (exact) mass is 429 g/mol. The minimum absolute atomic E-state index is 0.00320. The van der Waals surface area contributed by atoms with Crippen LogP contribution in [-0.2, 0) is 17.6 Å². The van der Waals surface area contributed by atoms with Gasteiger partial charge in [0.2, 0.25) is 5.91 Å². The third kappa shape index (κ3) is 4.99. The molecule has 0 aromatic heterocycles. The van der Waals surface area contributed by atoms with E-state index >= 15 is 0 Å². The molecule has 0 aliphatic carbocycles. The van der Waals surface area contributed by atoms with E-state index in [1.54, 1.807) is 14.0 Å². The van der Waals surface area contributed by atoms with Gasteiger partial charge in [-0.25, -0.2) is 0 Å². The van der Waals surface area contributed by atoms with Crippen LogP contribution >= 0.6 is 0 Å². The lowest BCUT2D eigenvalue weighted by atomic mass is 9.95. The van der Waals surface area contributed by atoms with E-state index in [1.807, 2.05) is 60.7 Å². The van der Waals surface area contributed by atoms with Gasteiger partial charge in [-0.15, -0.1) is 0 Å². The Morgan fingerprint density at radius 2 is 1.91 bits per heavy atom. The maximum atomic E-state index is 12.3. The third-order valence-corrected chi connectivity index (χ3v) is 5.72. The highest BCUT2D eigenvalue weighted by molar-refractivity contribution is 6.00.